The van der Waals surface area contributed by atoms with Gasteiger partial charge in [-0.25, -0.2) is 0 Å². The first-order valence-corrected chi connectivity index (χ1v) is 9.56. The largest absolute Gasteiger partial charge is 0.353 e. The Hall–Kier alpha value is -3.22. The molecule has 0 bridgehead atoms. The van der Waals surface area contributed by atoms with Crippen molar-refractivity contribution in [2.24, 2.45) is 5.92 Å². The fraction of sp³-hybridized carbons (Fsp3) is 0.333. The lowest BCUT2D eigenvalue weighted by Crippen LogP contribution is -2.37. The van der Waals surface area contributed by atoms with Gasteiger partial charge in [0.05, 0.1) is 0 Å². The predicted octanol–water partition coefficient (Wildman–Crippen LogP) is 2.39. The van der Waals surface area contributed by atoms with Crippen molar-refractivity contribution in [3.63, 3.8) is 0 Å². The third-order valence-corrected chi connectivity index (χ3v) is 5.19. The fourth-order valence-electron chi connectivity index (χ4n) is 3.46. The van der Waals surface area contributed by atoms with Crippen LogP contribution in [0.4, 0.5) is 0 Å². The molecule has 1 fully saturated rings. The maximum Gasteiger partial charge on any atom is 0.251 e. The van der Waals surface area contributed by atoms with Gasteiger partial charge < -0.3 is 10.6 Å². The number of nitrogens with one attached hydrogen (secondary N) is 3. The van der Waals surface area contributed by atoms with Gasteiger partial charge in [-0.1, -0.05) is 30.3 Å². The summed E-state index contributed by atoms with van der Waals surface area (Å²) in [5.41, 5.74) is 3.15. The Bertz CT molecular complexity index is 985. The zero-order chi connectivity index (χ0) is 19.5. The summed E-state index contributed by atoms with van der Waals surface area (Å²) >= 11 is 0. The van der Waals surface area contributed by atoms with E-state index in [0.717, 1.165) is 11.9 Å². The number of carbonyl (C=O) groups excluding carboxylic acids is 2. The molecule has 2 amide bonds. The van der Waals surface area contributed by atoms with E-state index in [1.54, 1.807) is 18.2 Å². The molecular weight excluding hydrogens is 354 g/mol. The highest BCUT2D eigenvalue weighted by Gasteiger charge is 2.43. The van der Waals surface area contributed by atoms with Crippen LogP contribution in [0.1, 0.15) is 41.6 Å². The van der Waals surface area contributed by atoms with Crippen molar-refractivity contribution in [1.82, 2.24) is 26.0 Å². The second kappa shape index (κ2) is 7.80. The smallest absolute Gasteiger partial charge is 0.251 e. The lowest BCUT2D eigenvalue weighted by Gasteiger charge is -2.14. The monoisotopic (exact) mass is 377 g/mol. The Kier molecular flexibility index (Phi) is 5.06. The van der Waals surface area contributed by atoms with Gasteiger partial charge in [0, 0.05) is 24.1 Å². The first-order valence-electron chi connectivity index (χ1n) is 9.56. The quantitative estimate of drug-likeness (QED) is 0.589. The molecule has 0 saturated heterocycles. The summed E-state index contributed by atoms with van der Waals surface area (Å²) in [7, 11) is 0. The molecule has 1 unspecified atom stereocenters. The highest BCUT2D eigenvalue weighted by Crippen LogP contribution is 2.47. The standard InChI is InChI=1S/C21H23N5O2/c1-13(23-21(28)17-12-16(17)14-5-3-2-4-6-14)9-10-22-20(27)15-7-8-18-19(11-15)25-26-24-18/h2-8,11,13,16-17H,9-10,12H2,1H3,(H,22,27)(H,23,28)(H,24,25,26)/t13?,16-,17+/m0/s1. The molecule has 7 heteroatoms. The third kappa shape index (κ3) is 4.03. The van der Waals surface area contributed by atoms with Gasteiger partial charge in [0.1, 0.15) is 11.0 Å². The van der Waals surface area contributed by atoms with E-state index >= 15 is 0 Å². The lowest BCUT2D eigenvalue weighted by molar-refractivity contribution is -0.123. The molecule has 3 atom stereocenters. The molecule has 3 N–H and O–H groups in total. The summed E-state index contributed by atoms with van der Waals surface area (Å²) in [5, 5.41) is 16.4. The average Bonchev–Trinajstić information content (AvgIpc) is 3.38. The summed E-state index contributed by atoms with van der Waals surface area (Å²) in [6.45, 7) is 2.45. The highest BCUT2D eigenvalue weighted by atomic mass is 16.2. The van der Waals surface area contributed by atoms with Gasteiger partial charge in [-0.05, 0) is 49.4 Å². The molecule has 1 aromatic heterocycles. The number of nitrogens with zero attached hydrogens (tertiary/aromatic N) is 2. The van der Waals surface area contributed by atoms with Gasteiger partial charge in [0.25, 0.3) is 5.91 Å². The van der Waals surface area contributed by atoms with Crippen molar-refractivity contribution in [2.75, 3.05) is 6.54 Å². The summed E-state index contributed by atoms with van der Waals surface area (Å²) < 4.78 is 0. The van der Waals surface area contributed by atoms with Crippen LogP contribution < -0.4 is 10.6 Å². The van der Waals surface area contributed by atoms with E-state index < -0.39 is 0 Å². The maximum absolute atomic E-state index is 12.4. The molecule has 0 spiro atoms. The Labute approximate surface area is 162 Å². The van der Waals surface area contributed by atoms with E-state index in [0.29, 0.717) is 30.0 Å². The van der Waals surface area contributed by atoms with Crippen LogP contribution in [0, 0.1) is 5.92 Å². The number of carbonyl (C=O) groups is 2. The summed E-state index contributed by atoms with van der Waals surface area (Å²) in [5.74, 6) is 0.340. The van der Waals surface area contributed by atoms with Crippen LogP contribution in [0.25, 0.3) is 11.0 Å². The van der Waals surface area contributed by atoms with E-state index in [1.165, 1.54) is 5.56 Å². The van der Waals surface area contributed by atoms with Crippen molar-refractivity contribution in [3.8, 4) is 0 Å². The number of rotatable bonds is 7. The molecule has 1 saturated carbocycles. The molecule has 2 aromatic carbocycles. The summed E-state index contributed by atoms with van der Waals surface area (Å²) in [6.07, 6.45) is 1.58. The molecule has 28 heavy (non-hydrogen) atoms. The summed E-state index contributed by atoms with van der Waals surface area (Å²) in [6, 6.07) is 15.3. The van der Waals surface area contributed by atoms with Crippen LogP contribution in [0.5, 0.6) is 0 Å². The molecule has 4 rings (SSSR count). The summed E-state index contributed by atoms with van der Waals surface area (Å²) in [4.78, 5) is 24.7. The minimum atomic E-state index is -0.158. The van der Waals surface area contributed by atoms with Gasteiger partial charge in [-0.2, -0.15) is 15.4 Å². The van der Waals surface area contributed by atoms with E-state index in [-0.39, 0.29) is 23.8 Å². The molecule has 0 radical (unpaired) electrons. The molecular formula is C21H23N5O2. The number of aromatic amines is 1. The average molecular weight is 377 g/mol. The minimum Gasteiger partial charge on any atom is -0.353 e. The number of fused-ring (bicyclic) bond motifs is 1. The van der Waals surface area contributed by atoms with Crippen LogP contribution >= 0.6 is 0 Å². The normalized spacial score (nSPS) is 19.2. The number of benzene rings is 2. The van der Waals surface area contributed by atoms with Crippen LogP contribution in [-0.4, -0.2) is 39.8 Å². The maximum atomic E-state index is 12.4. The van der Waals surface area contributed by atoms with E-state index in [1.807, 2.05) is 25.1 Å². The number of aromatic nitrogens is 3. The molecule has 1 heterocycles. The van der Waals surface area contributed by atoms with Crippen molar-refractivity contribution < 1.29 is 9.59 Å². The van der Waals surface area contributed by atoms with Crippen molar-refractivity contribution in [3.05, 3.63) is 59.7 Å². The zero-order valence-corrected chi connectivity index (χ0v) is 15.7. The Balaban J connectivity index is 1.21. The first kappa shape index (κ1) is 18.2. The number of H-pyrrole nitrogens is 1. The van der Waals surface area contributed by atoms with Crippen molar-refractivity contribution >= 4 is 22.8 Å². The van der Waals surface area contributed by atoms with Gasteiger partial charge in [-0.15, -0.1) is 0 Å². The van der Waals surface area contributed by atoms with Crippen LogP contribution in [0.2, 0.25) is 0 Å². The molecule has 7 nitrogen and oxygen atoms in total. The SMILES string of the molecule is CC(CCNC(=O)c1ccc2n[nH]nc2c1)NC(=O)[C@@H]1C[C@H]1c1ccccc1. The van der Waals surface area contributed by atoms with E-state index in [9.17, 15) is 9.59 Å². The predicted molar refractivity (Wildman–Crippen MR) is 106 cm³/mol. The molecule has 0 aliphatic heterocycles. The van der Waals surface area contributed by atoms with Gasteiger partial charge in [-0.3, -0.25) is 9.59 Å². The van der Waals surface area contributed by atoms with Gasteiger partial charge in [0.2, 0.25) is 5.91 Å². The number of amides is 2. The molecule has 144 valence electrons. The van der Waals surface area contributed by atoms with Crippen molar-refractivity contribution in [2.45, 2.75) is 31.7 Å². The molecule has 3 aromatic rings. The van der Waals surface area contributed by atoms with Crippen molar-refractivity contribution in [1.29, 1.82) is 0 Å². The van der Waals surface area contributed by atoms with E-state index in [2.05, 4.69) is 38.2 Å². The molecule has 1 aliphatic rings. The molecule has 1 aliphatic carbocycles. The van der Waals surface area contributed by atoms with Gasteiger partial charge in [0.15, 0.2) is 0 Å². The number of hydrogen-bond acceptors (Lipinski definition) is 4. The van der Waals surface area contributed by atoms with Crippen LogP contribution in [-0.2, 0) is 4.79 Å². The number of hydrogen-bond donors (Lipinski definition) is 3. The lowest BCUT2D eigenvalue weighted by atomic mass is 10.1. The minimum absolute atomic E-state index is 0.00263. The second-order valence-electron chi connectivity index (χ2n) is 7.34. The van der Waals surface area contributed by atoms with Crippen LogP contribution in [0.15, 0.2) is 48.5 Å². The Morgan fingerprint density at radius 3 is 2.75 bits per heavy atom. The Morgan fingerprint density at radius 1 is 1.14 bits per heavy atom. The zero-order valence-electron chi connectivity index (χ0n) is 15.7. The first-order chi connectivity index (χ1) is 13.6. The Morgan fingerprint density at radius 2 is 1.93 bits per heavy atom. The van der Waals surface area contributed by atoms with Crippen LogP contribution in [0.3, 0.4) is 0 Å². The fourth-order valence-corrected chi connectivity index (χ4v) is 3.46. The highest BCUT2D eigenvalue weighted by molar-refractivity contribution is 5.97. The van der Waals surface area contributed by atoms with E-state index in [4.69, 9.17) is 0 Å². The second-order valence-corrected chi connectivity index (χ2v) is 7.34. The third-order valence-electron chi connectivity index (χ3n) is 5.19. The van der Waals surface area contributed by atoms with Gasteiger partial charge >= 0.3 is 0 Å². The topological polar surface area (TPSA) is 99.8 Å².